The van der Waals surface area contributed by atoms with Gasteiger partial charge in [-0.15, -0.1) is 0 Å². The van der Waals surface area contributed by atoms with Crippen molar-refractivity contribution in [3.05, 3.63) is 53.8 Å². The van der Waals surface area contributed by atoms with Gasteiger partial charge < -0.3 is 10.1 Å². The van der Waals surface area contributed by atoms with E-state index in [1.807, 2.05) is 0 Å². The largest absolute Gasteiger partial charge is 0.454 e. The van der Waals surface area contributed by atoms with Crippen LogP contribution in [0.1, 0.15) is 10.4 Å². The monoisotopic (exact) mass is 229 g/mol. The van der Waals surface area contributed by atoms with Gasteiger partial charge in [0.05, 0.1) is 11.3 Å². The summed E-state index contributed by atoms with van der Waals surface area (Å²) in [5.41, 5.74) is 0.773. The van der Waals surface area contributed by atoms with Gasteiger partial charge in [0.1, 0.15) is 11.6 Å². The minimum Gasteiger partial charge on any atom is -0.454 e. The number of halogens is 1. The first-order valence-electron chi connectivity index (χ1n) is 5.12. The van der Waals surface area contributed by atoms with E-state index in [-0.39, 0.29) is 5.91 Å². The number of carbonyl (C=O) groups is 1. The van der Waals surface area contributed by atoms with Crippen molar-refractivity contribution in [2.75, 3.05) is 5.32 Å². The van der Waals surface area contributed by atoms with Gasteiger partial charge >= 0.3 is 0 Å². The number of fused-ring (bicyclic) bond motifs is 2. The quantitative estimate of drug-likeness (QED) is 0.753. The molecule has 1 amide bonds. The lowest BCUT2D eigenvalue weighted by Crippen LogP contribution is -2.10. The fourth-order valence-electron chi connectivity index (χ4n) is 1.74. The molecule has 17 heavy (non-hydrogen) atoms. The maximum absolute atomic E-state index is 13.1. The van der Waals surface area contributed by atoms with E-state index in [4.69, 9.17) is 4.74 Å². The molecular weight excluding hydrogens is 221 g/mol. The molecule has 1 heterocycles. The van der Waals surface area contributed by atoms with Gasteiger partial charge in [-0.3, -0.25) is 4.79 Å². The number of rotatable bonds is 0. The molecule has 0 radical (unpaired) electrons. The van der Waals surface area contributed by atoms with Crippen molar-refractivity contribution in [2.45, 2.75) is 0 Å². The van der Waals surface area contributed by atoms with Crippen LogP contribution in [0.5, 0.6) is 11.5 Å². The molecule has 0 spiro atoms. The number of amides is 1. The molecular formula is C13H8FNO2. The summed E-state index contributed by atoms with van der Waals surface area (Å²) >= 11 is 0. The molecule has 0 saturated carbocycles. The molecule has 0 aliphatic carbocycles. The number of para-hydroxylation sites is 1. The van der Waals surface area contributed by atoms with Crippen LogP contribution in [0.4, 0.5) is 10.1 Å². The normalized spacial score (nSPS) is 12.9. The highest BCUT2D eigenvalue weighted by atomic mass is 19.1. The lowest BCUT2D eigenvalue weighted by atomic mass is 10.2. The lowest BCUT2D eigenvalue weighted by Gasteiger charge is -2.06. The van der Waals surface area contributed by atoms with Crippen LogP contribution in [0.2, 0.25) is 0 Å². The van der Waals surface area contributed by atoms with Crippen LogP contribution in [-0.4, -0.2) is 5.91 Å². The molecule has 2 aromatic carbocycles. The van der Waals surface area contributed by atoms with Crippen molar-refractivity contribution < 1.29 is 13.9 Å². The molecule has 2 aromatic rings. The minimum atomic E-state index is -0.418. The van der Waals surface area contributed by atoms with Gasteiger partial charge in [-0.1, -0.05) is 12.1 Å². The van der Waals surface area contributed by atoms with Crippen LogP contribution in [-0.2, 0) is 0 Å². The number of ether oxygens (including phenoxy) is 1. The zero-order chi connectivity index (χ0) is 11.8. The molecule has 4 heteroatoms. The molecule has 0 saturated heterocycles. The van der Waals surface area contributed by atoms with E-state index >= 15 is 0 Å². The summed E-state index contributed by atoms with van der Waals surface area (Å²) in [7, 11) is 0. The Morgan fingerprint density at radius 2 is 1.88 bits per heavy atom. The lowest BCUT2D eigenvalue weighted by molar-refractivity contribution is 0.102. The predicted octanol–water partition coefficient (Wildman–Crippen LogP) is 3.18. The molecule has 1 aliphatic rings. The Hall–Kier alpha value is -2.36. The van der Waals surface area contributed by atoms with Gasteiger partial charge in [0.25, 0.3) is 5.91 Å². The predicted molar refractivity (Wildman–Crippen MR) is 60.9 cm³/mol. The maximum atomic E-state index is 13.1. The molecule has 1 N–H and O–H groups in total. The Morgan fingerprint density at radius 3 is 2.76 bits per heavy atom. The Kier molecular flexibility index (Phi) is 2.08. The molecule has 0 aromatic heterocycles. The molecule has 1 aliphatic heterocycles. The smallest absolute Gasteiger partial charge is 0.259 e. The molecule has 0 unspecified atom stereocenters. The number of hydrogen-bond donors (Lipinski definition) is 1. The van der Waals surface area contributed by atoms with Crippen molar-refractivity contribution in [1.29, 1.82) is 0 Å². The van der Waals surface area contributed by atoms with Crippen molar-refractivity contribution >= 4 is 11.6 Å². The van der Waals surface area contributed by atoms with Crippen molar-refractivity contribution in [3.8, 4) is 11.5 Å². The second-order valence-electron chi connectivity index (χ2n) is 3.69. The van der Waals surface area contributed by atoms with Crippen molar-refractivity contribution in [1.82, 2.24) is 0 Å². The van der Waals surface area contributed by atoms with Crippen LogP contribution in [0.15, 0.2) is 42.5 Å². The SMILES string of the molecule is O=C1Nc2cc(F)ccc2Oc2ccccc21. The van der Waals surface area contributed by atoms with E-state index in [0.717, 1.165) is 0 Å². The van der Waals surface area contributed by atoms with E-state index in [0.29, 0.717) is 22.7 Å². The van der Waals surface area contributed by atoms with Gasteiger partial charge in [0.2, 0.25) is 0 Å². The van der Waals surface area contributed by atoms with Gasteiger partial charge in [0.15, 0.2) is 5.75 Å². The van der Waals surface area contributed by atoms with Crippen molar-refractivity contribution in [3.63, 3.8) is 0 Å². The zero-order valence-electron chi connectivity index (χ0n) is 8.74. The van der Waals surface area contributed by atoms with Crippen LogP contribution >= 0.6 is 0 Å². The molecule has 0 fully saturated rings. The zero-order valence-corrected chi connectivity index (χ0v) is 8.74. The highest BCUT2D eigenvalue weighted by Gasteiger charge is 2.20. The number of carbonyl (C=O) groups excluding carboxylic acids is 1. The van der Waals surface area contributed by atoms with Gasteiger partial charge in [-0.05, 0) is 24.3 Å². The highest BCUT2D eigenvalue weighted by molar-refractivity contribution is 6.07. The maximum Gasteiger partial charge on any atom is 0.259 e. The molecule has 3 rings (SSSR count). The van der Waals surface area contributed by atoms with E-state index in [2.05, 4.69) is 5.32 Å². The first-order chi connectivity index (χ1) is 8.24. The Morgan fingerprint density at radius 1 is 1.06 bits per heavy atom. The van der Waals surface area contributed by atoms with Gasteiger partial charge in [-0.25, -0.2) is 4.39 Å². The van der Waals surface area contributed by atoms with Crippen LogP contribution in [0.25, 0.3) is 0 Å². The fourth-order valence-corrected chi connectivity index (χ4v) is 1.74. The molecule has 0 atom stereocenters. The molecule has 3 nitrogen and oxygen atoms in total. The average Bonchev–Trinajstić information content (AvgIpc) is 2.46. The Bertz CT molecular complexity index is 610. The summed E-state index contributed by atoms with van der Waals surface area (Å²) in [6.45, 7) is 0. The average molecular weight is 229 g/mol. The minimum absolute atomic E-state index is 0.301. The van der Waals surface area contributed by atoms with E-state index in [1.165, 1.54) is 18.2 Å². The van der Waals surface area contributed by atoms with Crippen LogP contribution in [0, 0.1) is 5.82 Å². The Labute approximate surface area is 96.8 Å². The summed E-state index contributed by atoms with van der Waals surface area (Å²) in [4.78, 5) is 11.9. The van der Waals surface area contributed by atoms with E-state index in [9.17, 15) is 9.18 Å². The number of nitrogens with one attached hydrogen (secondary N) is 1. The summed E-state index contributed by atoms with van der Waals surface area (Å²) in [5, 5.41) is 2.62. The first kappa shape index (κ1) is 9.84. The number of benzene rings is 2. The third-order valence-electron chi connectivity index (χ3n) is 2.54. The van der Waals surface area contributed by atoms with Gasteiger partial charge in [0, 0.05) is 6.07 Å². The van der Waals surface area contributed by atoms with Crippen LogP contribution < -0.4 is 10.1 Å². The fraction of sp³-hybridized carbons (Fsp3) is 0. The van der Waals surface area contributed by atoms with E-state index in [1.54, 1.807) is 24.3 Å². The third-order valence-corrected chi connectivity index (χ3v) is 2.54. The summed E-state index contributed by atoms with van der Waals surface area (Å²) in [6.07, 6.45) is 0. The summed E-state index contributed by atoms with van der Waals surface area (Å²) in [5.74, 6) is 0.184. The highest BCUT2D eigenvalue weighted by Crippen LogP contribution is 2.35. The third kappa shape index (κ3) is 1.63. The van der Waals surface area contributed by atoms with Gasteiger partial charge in [-0.2, -0.15) is 0 Å². The standard InChI is InChI=1S/C13H8FNO2/c14-8-5-6-12-10(7-8)15-13(16)9-3-1-2-4-11(9)17-12/h1-7H,(H,15,16). The number of anilines is 1. The first-order valence-corrected chi connectivity index (χ1v) is 5.12. The van der Waals surface area contributed by atoms with Crippen LogP contribution in [0.3, 0.4) is 0 Å². The molecule has 84 valence electrons. The molecule has 0 bridgehead atoms. The topological polar surface area (TPSA) is 38.3 Å². The Balaban J connectivity index is 2.17. The number of hydrogen-bond acceptors (Lipinski definition) is 2. The summed E-state index contributed by atoms with van der Waals surface area (Å²) in [6, 6.07) is 10.9. The second-order valence-corrected chi connectivity index (χ2v) is 3.69. The van der Waals surface area contributed by atoms with Crippen molar-refractivity contribution in [2.24, 2.45) is 0 Å². The second kappa shape index (κ2) is 3.59. The van der Waals surface area contributed by atoms with E-state index < -0.39 is 5.82 Å². The summed E-state index contributed by atoms with van der Waals surface area (Å²) < 4.78 is 18.7.